The van der Waals surface area contributed by atoms with Gasteiger partial charge in [-0.2, -0.15) is 0 Å². The molecule has 0 amide bonds. The average Bonchev–Trinajstić information content (AvgIpc) is 2.81. The second kappa shape index (κ2) is 7.23. The van der Waals surface area contributed by atoms with Gasteiger partial charge < -0.3 is 19.8 Å². The normalized spacial score (nSPS) is 22.0. The van der Waals surface area contributed by atoms with E-state index in [9.17, 15) is 13.2 Å². The Bertz CT molecular complexity index is 851. The molecule has 1 atom stereocenters. The molecule has 0 radical (unpaired) electrons. The van der Waals surface area contributed by atoms with Gasteiger partial charge in [0.1, 0.15) is 11.5 Å². The number of hydrogen-bond donors (Lipinski definition) is 1. The van der Waals surface area contributed by atoms with E-state index in [1.165, 1.54) is 24.3 Å². The van der Waals surface area contributed by atoms with Crippen LogP contribution < -0.4 is 15.9 Å². The standard InChI is InChI=1S/C19H20BF3N2O3/c1-17(2)18(3,24)28-20(27-17)15-10-14(11-25-12-15)5-4-13-6-8-16(9-7-13)26-19(21,22)23/h4-12H,24H2,1-3H3. The summed E-state index contributed by atoms with van der Waals surface area (Å²) in [5, 5.41) is 0. The third-order valence-corrected chi connectivity index (χ3v) is 4.58. The van der Waals surface area contributed by atoms with E-state index in [0.717, 1.165) is 11.0 Å². The van der Waals surface area contributed by atoms with Crippen LogP contribution in [0.25, 0.3) is 12.2 Å². The van der Waals surface area contributed by atoms with Crippen molar-refractivity contribution in [2.24, 2.45) is 5.73 Å². The molecule has 0 saturated carbocycles. The lowest BCUT2D eigenvalue weighted by molar-refractivity contribution is -0.274. The molecular formula is C19H20BF3N2O3. The maximum absolute atomic E-state index is 12.2. The van der Waals surface area contributed by atoms with E-state index < -0.39 is 24.8 Å². The summed E-state index contributed by atoms with van der Waals surface area (Å²) < 4.78 is 52.2. The molecule has 1 saturated heterocycles. The Balaban J connectivity index is 1.71. The second-order valence-electron chi connectivity index (χ2n) is 7.19. The summed E-state index contributed by atoms with van der Waals surface area (Å²) in [7, 11) is -0.635. The summed E-state index contributed by atoms with van der Waals surface area (Å²) in [4.78, 5) is 4.19. The van der Waals surface area contributed by atoms with Crippen LogP contribution in [0.15, 0.2) is 42.7 Å². The van der Waals surface area contributed by atoms with E-state index in [1.54, 1.807) is 31.5 Å². The first-order valence-corrected chi connectivity index (χ1v) is 8.59. The Morgan fingerprint density at radius 3 is 2.25 bits per heavy atom. The number of nitrogens with zero attached hydrogens (tertiary/aromatic N) is 1. The van der Waals surface area contributed by atoms with Crippen LogP contribution in [0.3, 0.4) is 0 Å². The molecular weight excluding hydrogens is 372 g/mol. The monoisotopic (exact) mass is 392 g/mol. The zero-order valence-corrected chi connectivity index (χ0v) is 15.7. The molecule has 2 aromatic rings. The van der Waals surface area contributed by atoms with Crippen LogP contribution in [0.1, 0.15) is 31.9 Å². The van der Waals surface area contributed by atoms with Crippen LogP contribution in [0.2, 0.25) is 0 Å². The molecule has 1 fully saturated rings. The first-order chi connectivity index (χ1) is 13.0. The highest BCUT2D eigenvalue weighted by atomic mass is 19.4. The average molecular weight is 392 g/mol. The quantitative estimate of drug-likeness (QED) is 0.809. The van der Waals surface area contributed by atoms with Crippen LogP contribution in [0.4, 0.5) is 13.2 Å². The maximum Gasteiger partial charge on any atom is 0.573 e. The summed E-state index contributed by atoms with van der Waals surface area (Å²) in [6.45, 7) is 5.48. The highest BCUT2D eigenvalue weighted by molar-refractivity contribution is 6.62. The van der Waals surface area contributed by atoms with Gasteiger partial charge in [0, 0.05) is 17.9 Å². The molecule has 1 aliphatic heterocycles. The summed E-state index contributed by atoms with van der Waals surface area (Å²) >= 11 is 0. The van der Waals surface area contributed by atoms with Gasteiger partial charge >= 0.3 is 13.5 Å². The number of benzene rings is 1. The SMILES string of the molecule is CC1(C)OB(c2cncc(C=Cc3ccc(OC(F)(F)F)cc3)c2)OC1(C)N. The Hall–Kier alpha value is -2.36. The molecule has 2 N–H and O–H groups in total. The largest absolute Gasteiger partial charge is 0.573 e. The van der Waals surface area contributed by atoms with Gasteiger partial charge in [-0.1, -0.05) is 30.4 Å². The Morgan fingerprint density at radius 2 is 1.68 bits per heavy atom. The van der Waals surface area contributed by atoms with Crippen molar-refractivity contribution in [3.8, 4) is 5.75 Å². The molecule has 1 aromatic heterocycles. The highest BCUT2D eigenvalue weighted by Gasteiger charge is 2.52. The summed E-state index contributed by atoms with van der Waals surface area (Å²) in [5.74, 6) is -0.267. The fraction of sp³-hybridized carbons (Fsp3) is 0.316. The van der Waals surface area contributed by atoms with Crippen molar-refractivity contribution >= 4 is 24.7 Å². The van der Waals surface area contributed by atoms with Crippen molar-refractivity contribution in [2.45, 2.75) is 38.5 Å². The van der Waals surface area contributed by atoms with Gasteiger partial charge in [-0.15, -0.1) is 13.2 Å². The van der Waals surface area contributed by atoms with Crippen molar-refractivity contribution in [3.63, 3.8) is 0 Å². The number of pyridine rings is 1. The molecule has 1 aromatic carbocycles. The third kappa shape index (κ3) is 4.73. The van der Waals surface area contributed by atoms with E-state index in [2.05, 4.69) is 9.72 Å². The van der Waals surface area contributed by atoms with Gasteiger partial charge in [0.25, 0.3) is 0 Å². The second-order valence-corrected chi connectivity index (χ2v) is 7.19. The smallest absolute Gasteiger partial charge is 0.406 e. The molecule has 9 heteroatoms. The minimum atomic E-state index is -4.71. The molecule has 2 heterocycles. The zero-order valence-electron chi connectivity index (χ0n) is 15.7. The fourth-order valence-corrected chi connectivity index (χ4v) is 2.58. The topological polar surface area (TPSA) is 66.6 Å². The summed E-state index contributed by atoms with van der Waals surface area (Å²) in [6.07, 6.45) is 2.14. The van der Waals surface area contributed by atoms with Crippen LogP contribution >= 0.6 is 0 Å². The first-order valence-electron chi connectivity index (χ1n) is 8.59. The van der Waals surface area contributed by atoms with Gasteiger partial charge in [0.05, 0.1) is 5.60 Å². The third-order valence-electron chi connectivity index (χ3n) is 4.58. The van der Waals surface area contributed by atoms with Gasteiger partial charge in [0.2, 0.25) is 0 Å². The first kappa shape index (κ1) is 20.4. The predicted molar refractivity (Wildman–Crippen MR) is 101 cm³/mol. The minimum absolute atomic E-state index is 0.267. The van der Waals surface area contributed by atoms with Gasteiger partial charge in [-0.25, -0.2) is 0 Å². The number of alkyl halides is 3. The minimum Gasteiger partial charge on any atom is -0.406 e. The number of halogens is 3. The Kier molecular flexibility index (Phi) is 5.27. The van der Waals surface area contributed by atoms with E-state index in [0.29, 0.717) is 5.56 Å². The number of nitrogens with two attached hydrogens (primary N) is 1. The van der Waals surface area contributed by atoms with Gasteiger partial charge in [0.15, 0.2) is 0 Å². The summed E-state index contributed by atoms with van der Waals surface area (Å²) in [5.41, 5.74) is 6.75. The van der Waals surface area contributed by atoms with Crippen molar-refractivity contribution < 1.29 is 27.2 Å². The van der Waals surface area contributed by atoms with E-state index in [4.69, 9.17) is 15.0 Å². The number of rotatable bonds is 4. The zero-order chi connectivity index (χ0) is 20.6. The molecule has 0 bridgehead atoms. The van der Waals surface area contributed by atoms with E-state index in [1.807, 2.05) is 19.9 Å². The molecule has 3 rings (SSSR count). The van der Waals surface area contributed by atoms with E-state index in [-0.39, 0.29) is 5.75 Å². The van der Waals surface area contributed by atoms with Crippen molar-refractivity contribution in [2.75, 3.05) is 0 Å². The van der Waals surface area contributed by atoms with Crippen LogP contribution in [0.5, 0.6) is 5.75 Å². The predicted octanol–water partition coefficient (Wildman–Crippen LogP) is 3.35. The molecule has 28 heavy (non-hydrogen) atoms. The number of ether oxygens (including phenoxy) is 1. The lowest BCUT2D eigenvalue weighted by atomic mass is 9.80. The van der Waals surface area contributed by atoms with Crippen LogP contribution in [-0.2, 0) is 9.31 Å². The number of aromatic nitrogens is 1. The Labute approximate surface area is 161 Å². The molecule has 5 nitrogen and oxygen atoms in total. The molecule has 0 aliphatic carbocycles. The van der Waals surface area contributed by atoms with Crippen LogP contribution in [0, 0.1) is 0 Å². The van der Waals surface area contributed by atoms with Crippen LogP contribution in [-0.4, -0.2) is 29.8 Å². The highest BCUT2D eigenvalue weighted by Crippen LogP contribution is 2.32. The molecule has 0 spiro atoms. The fourth-order valence-electron chi connectivity index (χ4n) is 2.58. The molecule has 148 valence electrons. The van der Waals surface area contributed by atoms with Crippen molar-refractivity contribution in [1.29, 1.82) is 0 Å². The van der Waals surface area contributed by atoms with Gasteiger partial charge in [-0.3, -0.25) is 4.98 Å². The van der Waals surface area contributed by atoms with Gasteiger partial charge in [-0.05, 0) is 44.0 Å². The maximum atomic E-state index is 12.2. The molecule has 1 aliphatic rings. The summed E-state index contributed by atoms with van der Waals surface area (Å²) in [6, 6.07) is 7.42. The van der Waals surface area contributed by atoms with Crippen molar-refractivity contribution in [1.82, 2.24) is 4.98 Å². The Morgan fingerprint density at radius 1 is 1.04 bits per heavy atom. The lowest BCUT2D eigenvalue weighted by Crippen LogP contribution is -2.52. The van der Waals surface area contributed by atoms with Crippen molar-refractivity contribution in [3.05, 3.63) is 53.9 Å². The molecule has 1 unspecified atom stereocenters. The van der Waals surface area contributed by atoms with E-state index >= 15 is 0 Å². The lowest BCUT2D eigenvalue weighted by Gasteiger charge is -2.31. The number of hydrogen-bond acceptors (Lipinski definition) is 5.